The highest BCUT2D eigenvalue weighted by Gasteiger charge is 2.40. The summed E-state index contributed by atoms with van der Waals surface area (Å²) in [4.78, 5) is 0. The Hall–Kier alpha value is 0.544. The average Bonchev–Trinajstić information content (AvgIpc) is 2.56. The van der Waals surface area contributed by atoms with Gasteiger partial charge in [-0.3, -0.25) is 0 Å². The predicted octanol–water partition coefficient (Wildman–Crippen LogP) is 3.04. The Kier molecular flexibility index (Phi) is 14.1. The van der Waals surface area contributed by atoms with Crippen LogP contribution in [0.15, 0.2) is 0 Å². The van der Waals surface area contributed by atoms with Crippen LogP contribution < -0.4 is 0 Å². The van der Waals surface area contributed by atoms with Gasteiger partial charge in [-0.05, 0) is 38.7 Å². The molecule has 6 nitrogen and oxygen atoms in total. The van der Waals surface area contributed by atoms with E-state index in [0.717, 1.165) is 30.0 Å². The monoisotopic (exact) mass is 386 g/mol. The van der Waals surface area contributed by atoms with Crippen molar-refractivity contribution >= 4 is 29.4 Å². The average molecular weight is 387 g/mol. The van der Waals surface area contributed by atoms with E-state index >= 15 is 0 Å². The largest absolute Gasteiger partial charge is 0.501 e. The molecule has 0 unspecified atom stereocenters. The summed E-state index contributed by atoms with van der Waals surface area (Å²) in [6, 6.07) is 1.67. The van der Waals surface area contributed by atoms with Gasteiger partial charge in [0.25, 0.3) is 0 Å². The van der Waals surface area contributed by atoms with Crippen molar-refractivity contribution < 1.29 is 26.6 Å². The molecule has 0 rings (SSSR count). The molecule has 0 saturated carbocycles. The first-order chi connectivity index (χ1) is 11.1. The molecule has 23 heavy (non-hydrogen) atoms. The normalized spacial score (nSPS) is 12.8. The fourth-order valence-electron chi connectivity index (χ4n) is 2.25. The first-order valence-electron chi connectivity index (χ1n) is 8.22. The quantitative estimate of drug-likeness (QED) is 0.298. The first kappa shape index (κ1) is 23.5. The number of rotatable bonds is 16. The molecule has 0 aromatic carbocycles. The van der Waals surface area contributed by atoms with E-state index in [1.165, 1.54) is 0 Å². The van der Waals surface area contributed by atoms with E-state index in [4.69, 9.17) is 26.6 Å². The van der Waals surface area contributed by atoms with Crippen LogP contribution in [-0.4, -0.2) is 70.3 Å². The second kappa shape index (κ2) is 13.8. The topological polar surface area (TPSA) is 55.4 Å². The molecule has 0 heterocycles. The van der Waals surface area contributed by atoms with Crippen molar-refractivity contribution in [3.63, 3.8) is 0 Å². The highest BCUT2D eigenvalue weighted by atomic mass is 32.2. The van der Waals surface area contributed by atoms with Crippen molar-refractivity contribution in [2.45, 2.75) is 39.3 Å². The van der Waals surface area contributed by atoms with Crippen LogP contribution in [-0.2, 0) is 26.6 Å². The van der Waals surface area contributed by atoms with Gasteiger partial charge < -0.3 is 26.6 Å². The molecule has 0 aromatic rings. The highest BCUT2D eigenvalue weighted by molar-refractivity contribution is 7.99. The molecular formula is C14H34O6SSi2. The minimum absolute atomic E-state index is 0.626. The molecular weight excluding hydrogens is 352 g/mol. The van der Waals surface area contributed by atoms with Crippen molar-refractivity contribution in [3.8, 4) is 0 Å². The second-order valence-corrected chi connectivity index (χ2v) is 11.8. The molecule has 9 heteroatoms. The Morgan fingerprint density at radius 2 is 1.13 bits per heavy atom. The van der Waals surface area contributed by atoms with Gasteiger partial charge in [-0.15, -0.1) is 0 Å². The smallest absolute Gasteiger partial charge is 0.377 e. The first-order valence-corrected chi connectivity index (χ1v) is 13.2. The molecule has 0 aliphatic heterocycles. The molecule has 0 aliphatic carbocycles. The van der Waals surface area contributed by atoms with E-state index in [1.807, 2.05) is 32.5 Å². The van der Waals surface area contributed by atoms with Gasteiger partial charge in [-0.25, -0.2) is 0 Å². The molecule has 140 valence electrons. The lowest BCUT2D eigenvalue weighted by atomic mass is 10.6. The van der Waals surface area contributed by atoms with Gasteiger partial charge >= 0.3 is 17.6 Å². The van der Waals surface area contributed by atoms with Gasteiger partial charge in [0.1, 0.15) is 0 Å². The van der Waals surface area contributed by atoms with E-state index in [9.17, 15) is 0 Å². The van der Waals surface area contributed by atoms with Gasteiger partial charge in [0.15, 0.2) is 0 Å². The zero-order chi connectivity index (χ0) is 17.6. The maximum atomic E-state index is 5.85. The van der Waals surface area contributed by atoms with Crippen LogP contribution in [0.5, 0.6) is 0 Å². The minimum atomic E-state index is -2.50. The summed E-state index contributed by atoms with van der Waals surface area (Å²) in [5.74, 6) is 1.99. The molecule has 0 bridgehead atoms. The zero-order valence-electron chi connectivity index (χ0n) is 15.5. The number of thioether (sulfide) groups is 1. The number of hydrogen-bond acceptors (Lipinski definition) is 7. The molecule has 0 radical (unpaired) electrons. The van der Waals surface area contributed by atoms with E-state index in [-0.39, 0.29) is 0 Å². The lowest BCUT2D eigenvalue weighted by molar-refractivity contribution is 0.0728. The minimum Gasteiger partial charge on any atom is -0.377 e. The Morgan fingerprint density at radius 1 is 0.652 bits per heavy atom. The van der Waals surface area contributed by atoms with E-state index in [1.54, 1.807) is 21.3 Å². The fourth-order valence-corrected chi connectivity index (χ4v) is 8.36. The summed E-state index contributed by atoms with van der Waals surface area (Å²) < 4.78 is 33.8. The molecule has 0 aliphatic rings. The standard InChI is InChI=1S/C14H34O6SSi2/c1-7-18-23(19-8-2,20-9-3)14-12-21-11-10-13-22(15-4,16-5)17-6/h7-14H2,1-6H3. The van der Waals surface area contributed by atoms with Crippen LogP contribution in [0.1, 0.15) is 27.2 Å². The lowest BCUT2D eigenvalue weighted by Crippen LogP contribution is -2.46. The SMILES string of the molecule is CCO[Si](CCSCCC[Si](OC)(OC)OC)(OCC)OCC. The molecule has 0 saturated heterocycles. The highest BCUT2D eigenvalue weighted by Crippen LogP contribution is 2.21. The fraction of sp³-hybridized carbons (Fsp3) is 1.00. The van der Waals surface area contributed by atoms with E-state index in [0.29, 0.717) is 19.8 Å². The van der Waals surface area contributed by atoms with Gasteiger partial charge in [0.05, 0.1) is 0 Å². The predicted molar refractivity (Wildman–Crippen MR) is 99.0 cm³/mol. The summed E-state index contributed by atoms with van der Waals surface area (Å²) in [5.41, 5.74) is 0. The van der Waals surface area contributed by atoms with E-state index in [2.05, 4.69) is 0 Å². The van der Waals surface area contributed by atoms with E-state index < -0.39 is 17.6 Å². The van der Waals surface area contributed by atoms with Crippen molar-refractivity contribution in [1.82, 2.24) is 0 Å². The third-order valence-electron chi connectivity index (χ3n) is 3.35. The second-order valence-electron chi connectivity index (χ2n) is 4.74. The van der Waals surface area contributed by atoms with Crippen molar-refractivity contribution in [3.05, 3.63) is 0 Å². The molecule has 0 aromatic heterocycles. The Bertz CT molecular complexity index is 257. The summed E-state index contributed by atoms with van der Waals surface area (Å²) in [5, 5.41) is 0. The van der Waals surface area contributed by atoms with Crippen LogP contribution in [0.2, 0.25) is 12.1 Å². The zero-order valence-corrected chi connectivity index (χ0v) is 18.3. The van der Waals surface area contributed by atoms with Crippen LogP contribution in [0, 0.1) is 0 Å². The maximum absolute atomic E-state index is 5.85. The van der Waals surface area contributed by atoms with Crippen molar-refractivity contribution in [1.29, 1.82) is 0 Å². The summed E-state index contributed by atoms with van der Waals surface area (Å²) in [7, 11) is 0.0239. The van der Waals surface area contributed by atoms with Crippen molar-refractivity contribution in [2.75, 3.05) is 52.7 Å². The molecule has 0 spiro atoms. The maximum Gasteiger partial charge on any atom is 0.501 e. The third kappa shape index (κ3) is 8.98. The van der Waals surface area contributed by atoms with Gasteiger partial charge in [-0.2, -0.15) is 11.8 Å². The Morgan fingerprint density at radius 3 is 1.52 bits per heavy atom. The van der Waals surface area contributed by atoms with Crippen LogP contribution in [0.25, 0.3) is 0 Å². The third-order valence-corrected chi connectivity index (χ3v) is 10.7. The molecule has 0 atom stereocenters. The van der Waals surface area contributed by atoms with Gasteiger partial charge in [0.2, 0.25) is 0 Å². The van der Waals surface area contributed by atoms with Crippen molar-refractivity contribution in [2.24, 2.45) is 0 Å². The Labute approximate surface area is 148 Å². The van der Waals surface area contributed by atoms with Crippen LogP contribution in [0.4, 0.5) is 0 Å². The lowest BCUT2D eigenvalue weighted by Gasteiger charge is -2.28. The van der Waals surface area contributed by atoms with Crippen LogP contribution >= 0.6 is 11.8 Å². The van der Waals surface area contributed by atoms with Gasteiger partial charge in [0, 0.05) is 53.2 Å². The summed E-state index contributed by atoms with van der Waals surface area (Å²) in [6.45, 7) is 7.83. The molecule has 0 fully saturated rings. The molecule has 0 amide bonds. The molecule has 0 N–H and O–H groups in total. The number of hydrogen-bond donors (Lipinski definition) is 0. The summed E-state index contributed by atoms with van der Waals surface area (Å²) >= 11 is 1.88. The van der Waals surface area contributed by atoms with Crippen LogP contribution in [0.3, 0.4) is 0 Å². The summed E-state index contributed by atoms with van der Waals surface area (Å²) in [6.07, 6.45) is 0.999. The van der Waals surface area contributed by atoms with Gasteiger partial charge in [-0.1, -0.05) is 0 Å². The Balaban J connectivity index is 4.15.